The van der Waals surface area contributed by atoms with Crippen molar-refractivity contribution in [3.05, 3.63) is 28.1 Å². The average molecular weight is 271 g/mol. The summed E-state index contributed by atoms with van der Waals surface area (Å²) in [6, 6.07) is 5.40. The van der Waals surface area contributed by atoms with Gasteiger partial charge in [0.15, 0.2) is 5.78 Å². The molecule has 90 valence electrons. The van der Waals surface area contributed by atoms with Gasteiger partial charge >= 0.3 is 0 Å². The molecule has 0 bridgehead atoms. The molecule has 3 nitrogen and oxygen atoms in total. The van der Waals surface area contributed by atoms with Crippen LogP contribution in [-0.4, -0.2) is 24.6 Å². The molecule has 1 heterocycles. The van der Waals surface area contributed by atoms with Crippen LogP contribution in [0.4, 0.5) is 0 Å². The van der Waals surface area contributed by atoms with Crippen LogP contribution in [0.1, 0.15) is 16.1 Å². The number of methoxy groups -OCH3 is 1. The summed E-state index contributed by atoms with van der Waals surface area (Å²) in [6.07, 6.45) is 0.150. The Labute approximate surface area is 108 Å². The Morgan fingerprint density at radius 1 is 1.47 bits per heavy atom. The minimum atomic E-state index is -0.128. The summed E-state index contributed by atoms with van der Waals surface area (Å²) < 4.78 is 6.06. The van der Waals surface area contributed by atoms with Crippen LogP contribution in [0.25, 0.3) is 10.1 Å². The van der Waals surface area contributed by atoms with Gasteiger partial charge in [-0.1, -0.05) is 11.6 Å². The topological polar surface area (TPSA) is 46.5 Å². The van der Waals surface area contributed by atoms with Crippen molar-refractivity contribution in [1.82, 2.24) is 0 Å². The van der Waals surface area contributed by atoms with E-state index in [9.17, 15) is 4.79 Å². The number of halogens is 1. The number of Topliss-reactive ketones (excluding diaryl/α,β-unsaturated/α-hetero) is 1. The number of aliphatic hydroxyl groups excluding tert-OH is 1. The fourth-order valence-electron chi connectivity index (χ4n) is 1.56. The molecule has 2 rings (SSSR count). The highest BCUT2D eigenvalue weighted by Gasteiger charge is 2.12. The molecule has 2 aromatic rings. The average Bonchev–Trinajstić information content (AvgIpc) is 2.71. The molecule has 17 heavy (non-hydrogen) atoms. The van der Waals surface area contributed by atoms with E-state index in [0.29, 0.717) is 15.6 Å². The Kier molecular flexibility index (Phi) is 3.66. The molecule has 0 radical (unpaired) electrons. The summed E-state index contributed by atoms with van der Waals surface area (Å²) in [5.74, 6) is 0.543. The first-order valence-corrected chi connectivity index (χ1v) is 6.26. The van der Waals surface area contributed by atoms with E-state index in [-0.39, 0.29) is 18.8 Å². The fraction of sp³-hybridized carbons (Fsp3) is 0.250. The number of ketones is 1. The van der Waals surface area contributed by atoms with E-state index < -0.39 is 0 Å². The van der Waals surface area contributed by atoms with Gasteiger partial charge in [-0.25, -0.2) is 0 Å². The number of carbonyl (C=O) groups is 1. The van der Waals surface area contributed by atoms with Crippen LogP contribution in [0.3, 0.4) is 0 Å². The van der Waals surface area contributed by atoms with E-state index in [4.69, 9.17) is 21.4 Å². The third-order valence-corrected chi connectivity index (χ3v) is 3.84. The summed E-state index contributed by atoms with van der Waals surface area (Å²) in [6.45, 7) is -0.128. The van der Waals surface area contributed by atoms with E-state index in [1.165, 1.54) is 11.3 Å². The van der Waals surface area contributed by atoms with Gasteiger partial charge in [0.25, 0.3) is 0 Å². The number of hydrogen-bond acceptors (Lipinski definition) is 4. The predicted molar refractivity (Wildman–Crippen MR) is 69.4 cm³/mol. The molecular formula is C12H11ClO3S. The first-order chi connectivity index (χ1) is 8.15. The molecule has 0 spiro atoms. The van der Waals surface area contributed by atoms with Crippen LogP contribution in [0.15, 0.2) is 18.2 Å². The lowest BCUT2D eigenvalue weighted by Crippen LogP contribution is -1.98. The Balaban J connectivity index is 2.47. The number of carbonyl (C=O) groups excluding carboxylic acids is 1. The molecule has 0 unspecified atom stereocenters. The second-order valence-corrected chi connectivity index (χ2v) is 5.02. The first-order valence-electron chi connectivity index (χ1n) is 5.07. The molecule has 0 aliphatic carbocycles. The number of hydrogen-bond donors (Lipinski definition) is 1. The normalized spacial score (nSPS) is 10.8. The number of fused-ring (bicyclic) bond motifs is 1. The van der Waals surface area contributed by atoms with Crippen molar-refractivity contribution >= 4 is 38.8 Å². The maximum Gasteiger partial charge on any atom is 0.175 e. The maximum atomic E-state index is 11.6. The van der Waals surface area contributed by atoms with Crippen molar-refractivity contribution in [3.8, 4) is 5.75 Å². The monoisotopic (exact) mass is 270 g/mol. The largest absolute Gasteiger partial charge is 0.495 e. The van der Waals surface area contributed by atoms with Crippen molar-refractivity contribution in [2.45, 2.75) is 6.42 Å². The third kappa shape index (κ3) is 2.44. The molecule has 0 aliphatic heterocycles. The highest BCUT2D eigenvalue weighted by Crippen LogP contribution is 2.34. The summed E-state index contributed by atoms with van der Waals surface area (Å²) in [5.41, 5.74) is 0. The van der Waals surface area contributed by atoms with Crippen LogP contribution in [0.5, 0.6) is 5.75 Å². The van der Waals surface area contributed by atoms with E-state index in [1.54, 1.807) is 19.2 Å². The van der Waals surface area contributed by atoms with Crippen molar-refractivity contribution in [2.75, 3.05) is 13.7 Å². The minimum Gasteiger partial charge on any atom is -0.495 e. The van der Waals surface area contributed by atoms with Crippen LogP contribution in [0, 0.1) is 0 Å². The van der Waals surface area contributed by atoms with Gasteiger partial charge in [-0.15, -0.1) is 11.3 Å². The molecule has 1 N–H and O–H groups in total. The molecule has 0 amide bonds. The summed E-state index contributed by atoms with van der Waals surface area (Å²) >= 11 is 7.39. The van der Waals surface area contributed by atoms with Gasteiger partial charge < -0.3 is 9.84 Å². The van der Waals surface area contributed by atoms with Gasteiger partial charge in [-0.2, -0.15) is 0 Å². The number of aliphatic hydroxyl groups is 1. The van der Waals surface area contributed by atoms with E-state index in [1.807, 2.05) is 6.07 Å². The second kappa shape index (κ2) is 5.04. The van der Waals surface area contributed by atoms with Gasteiger partial charge in [0.2, 0.25) is 0 Å². The van der Waals surface area contributed by atoms with Crippen molar-refractivity contribution < 1.29 is 14.6 Å². The molecule has 0 atom stereocenters. The van der Waals surface area contributed by atoms with Gasteiger partial charge in [0, 0.05) is 11.1 Å². The lowest BCUT2D eigenvalue weighted by Gasteiger charge is -2.01. The summed E-state index contributed by atoms with van der Waals surface area (Å²) in [4.78, 5) is 12.3. The highest BCUT2D eigenvalue weighted by molar-refractivity contribution is 7.20. The third-order valence-electron chi connectivity index (χ3n) is 2.40. The Morgan fingerprint density at radius 2 is 2.24 bits per heavy atom. The lowest BCUT2D eigenvalue weighted by atomic mass is 10.2. The van der Waals surface area contributed by atoms with Gasteiger partial charge in [0.05, 0.1) is 23.6 Å². The van der Waals surface area contributed by atoms with Crippen LogP contribution in [-0.2, 0) is 0 Å². The van der Waals surface area contributed by atoms with Crippen LogP contribution >= 0.6 is 22.9 Å². The Hall–Kier alpha value is -1.10. The van der Waals surface area contributed by atoms with Crippen molar-refractivity contribution in [2.24, 2.45) is 0 Å². The fourth-order valence-corrected chi connectivity index (χ4v) is 2.92. The highest BCUT2D eigenvalue weighted by atomic mass is 35.5. The van der Waals surface area contributed by atoms with E-state index in [0.717, 1.165) is 10.1 Å². The van der Waals surface area contributed by atoms with E-state index >= 15 is 0 Å². The molecule has 0 aliphatic rings. The summed E-state index contributed by atoms with van der Waals surface area (Å²) in [5, 5.41) is 10.2. The number of thiophene rings is 1. The zero-order valence-corrected chi connectivity index (χ0v) is 10.8. The quantitative estimate of drug-likeness (QED) is 0.869. The SMILES string of the molecule is COc1cc2cc(C(=O)CCO)sc2cc1Cl. The maximum absolute atomic E-state index is 11.6. The van der Waals surface area contributed by atoms with Crippen LogP contribution in [0.2, 0.25) is 5.02 Å². The molecular weight excluding hydrogens is 260 g/mol. The predicted octanol–water partition coefficient (Wildman–Crippen LogP) is 3.13. The number of rotatable bonds is 4. The smallest absolute Gasteiger partial charge is 0.175 e. The van der Waals surface area contributed by atoms with E-state index in [2.05, 4.69) is 0 Å². The minimum absolute atomic E-state index is 0.0520. The molecule has 0 saturated carbocycles. The van der Waals surface area contributed by atoms with Gasteiger partial charge in [0.1, 0.15) is 5.75 Å². The number of benzene rings is 1. The first kappa shape index (κ1) is 12.4. The second-order valence-electron chi connectivity index (χ2n) is 3.53. The van der Waals surface area contributed by atoms with Crippen LogP contribution < -0.4 is 4.74 Å². The Bertz CT molecular complexity index is 562. The molecule has 1 aromatic carbocycles. The molecule has 1 aromatic heterocycles. The molecule has 5 heteroatoms. The molecule has 0 saturated heterocycles. The summed E-state index contributed by atoms with van der Waals surface area (Å²) in [7, 11) is 1.55. The Morgan fingerprint density at radius 3 is 2.88 bits per heavy atom. The van der Waals surface area contributed by atoms with Gasteiger partial charge in [-0.05, 0) is 23.6 Å². The zero-order valence-electron chi connectivity index (χ0n) is 9.20. The standard InChI is InChI=1S/C12H11ClO3S/c1-16-10-4-7-5-12(9(15)2-3-14)17-11(7)6-8(10)13/h4-6,14H,2-3H2,1H3. The van der Waals surface area contributed by atoms with Crippen molar-refractivity contribution in [3.63, 3.8) is 0 Å². The van der Waals surface area contributed by atoms with Crippen molar-refractivity contribution in [1.29, 1.82) is 0 Å². The number of ether oxygens (including phenoxy) is 1. The lowest BCUT2D eigenvalue weighted by molar-refractivity contribution is 0.0960. The zero-order chi connectivity index (χ0) is 12.4. The molecule has 0 fully saturated rings. The van der Waals surface area contributed by atoms with Gasteiger partial charge in [-0.3, -0.25) is 4.79 Å².